The van der Waals surface area contributed by atoms with Gasteiger partial charge in [-0.15, -0.1) is 0 Å². The number of H-pyrrole nitrogens is 2. The minimum Gasteiger partial charge on any atom is -0.453 e. The van der Waals surface area contributed by atoms with E-state index in [1.165, 1.54) is 28.3 Å². The number of carbonyl (C=O) groups is 4. The zero-order chi connectivity index (χ0) is 39.1. The molecule has 2 aliphatic heterocycles. The molecule has 2 saturated heterocycles. The summed E-state index contributed by atoms with van der Waals surface area (Å²) in [5.41, 5.74) is 6.92. The Balaban J connectivity index is 1.07. The van der Waals surface area contributed by atoms with Crippen LogP contribution in [0.15, 0.2) is 66.9 Å². The fraction of sp³-hybridized carbons (Fsp3) is 0.425. The number of ether oxygens (including phenoxy) is 3. The summed E-state index contributed by atoms with van der Waals surface area (Å²) < 4.78 is 14.5. The van der Waals surface area contributed by atoms with Gasteiger partial charge in [-0.3, -0.25) is 9.59 Å². The normalized spacial score (nSPS) is 18.4. The highest BCUT2D eigenvalue weighted by atomic mass is 16.5. The maximum atomic E-state index is 13.4. The van der Waals surface area contributed by atoms with Crippen LogP contribution in [0.3, 0.4) is 0 Å². The molecule has 0 bridgehead atoms. The first-order valence-electron chi connectivity index (χ1n) is 18.5. The average Bonchev–Trinajstić information content (AvgIpc) is 4.04. The van der Waals surface area contributed by atoms with Crippen molar-refractivity contribution in [2.24, 2.45) is 0 Å². The van der Waals surface area contributed by atoms with Crippen LogP contribution in [-0.4, -0.2) is 119 Å². The Hall–Kier alpha value is -5.67. The van der Waals surface area contributed by atoms with Gasteiger partial charge in [0, 0.05) is 44.0 Å². The van der Waals surface area contributed by atoms with Gasteiger partial charge in [0.15, 0.2) is 0 Å². The second-order valence-corrected chi connectivity index (χ2v) is 14.0. The number of aliphatic hydroxyl groups excluding tert-OH is 1. The van der Waals surface area contributed by atoms with E-state index in [1.807, 2.05) is 17.0 Å². The maximum absolute atomic E-state index is 13.4. The molecule has 0 unspecified atom stereocenters. The van der Waals surface area contributed by atoms with E-state index in [9.17, 15) is 24.3 Å². The quantitative estimate of drug-likeness (QED) is 0.132. The van der Waals surface area contributed by atoms with Crippen LogP contribution in [0.25, 0.3) is 33.6 Å². The number of benzene rings is 2. The highest BCUT2D eigenvalue weighted by Gasteiger charge is 2.38. The van der Waals surface area contributed by atoms with Crippen molar-refractivity contribution < 1.29 is 38.5 Å². The molecule has 2 aliphatic rings. The molecular weight excluding hydrogens is 706 g/mol. The molecule has 0 radical (unpaired) electrons. The Morgan fingerprint density at radius 1 is 0.782 bits per heavy atom. The Morgan fingerprint density at radius 2 is 1.38 bits per heavy atom. The Kier molecular flexibility index (Phi) is 12.5. The van der Waals surface area contributed by atoms with Gasteiger partial charge in [0.2, 0.25) is 11.8 Å². The topological polar surface area (TPSA) is 191 Å². The van der Waals surface area contributed by atoms with E-state index < -0.39 is 30.4 Å². The van der Waals surface area contributed by atoms with Crippen LogP contribution in [-0.2, 0) is 30.2 Å². The lowest BCUT2D eigenvalue weighted by Gasteiger charge is -2.29. The fourth-order valence-corrected chi connectivity index (χ4v) is 7.47. The summed E-state index contributed by atoms with van der Waals surface area (Å²) in [6.45, 7) is 2.63. The lowest BCUT2D eigenvalue weighted by molar-refractivity contribution is -0.137. The molecule has 15 heteroatoms. The minimum absolute atomic E-state index is 0.00324. The molecule has 0 spiro atoms. The summed E-state index contributed by atoms with van der Waals surface area (Å²) in [5.74, 6) is 0.0812. The van der Waals surface area contributed by atoms with E-state index in [4.69, 9.17) is 9.47 Å². The molecule has 0 saturated carbocycles. The van der Waals surface area contributed by atoms with Gasteiger partial charge < -0.3 is 49.7 Å². The third-order valence-corrected chi connectivity index (χ3v) is 10.4. The first kappa shape index (κ1) is 39.0. The van der Waals surface area contributed by atoms with Crippen molar-refractivity contribution in [3.8, 4) is 33.6 Å². The lowest BCUT2D eigenvalue weighted by atomic mass is 10.0. The average molecular weight is 756 g/mol. The molecule has 55 heavy (non-hydrogen) atoms. The molecule has 4 heterocycles. The van der Waals surface area contributed by atoms with Gasteiger partial charge in [-0.2, -0.15) is 0 Å². The van der Waals surface area contributed by atoms with Crippen LogP contribution in [0.4, 0.5) is 9.59 Å². The predicted octanol–water partition coefficient (Wildman–Crippen LogP) is 4.41. The smallest absolute Gasteiger partial charge is 0.407 e. The number of carbonyl (C=O) groups excluding carboxylic acids is 4. The number of nitrogens with one attached hydrogen (secondary N) is 4. The minimum atomic E-state index is -1.13. The van der Waals surface area contributed by atoms with E-state index in [0.29, 0.717) is 31.8 Å². The Morgan fingerprint density at radius 3 is 2.02 bits per heavy atom. The number of amides is 4. The second kappa shape index (κ2) is 17.6. The zero-order valence-corrected chi connectivity index (χ0v) is 31.5. The number of imidazole rings is 1. The number of nitrogens with zero attached hydrogens (tertiary/aromatic N) is 3. The van der Waals surface area contributed by atoms with E-state index in [0.717, 1.165) is 58.6 Å². The monoisotopic (exact) mass is 755 g/mol. The molecule has 6 rings (SSSR count). The van der Waals surface area contributed by atoms with Crippen molar-refractivity contribution in [1.29, 1.82) is 0 Å². The number of rotatable bonds is 13. The van der Waals surface area contributed by atoms with E-state index in [2.05, 4.69) is 78.9 Å². The van der Waals surface area contributed by atoms with Crippen molar-refractivity contribution in [1.82, 2.24) is 35.4 Å². The van der Waals surface area contributed by atoms with Crippen LogP contribution in [0, 0.1) is 0 Å². The molecule has 5 atom stereocenters. The van der Waals surface area contributed by atoms with E-state index in [1.54, 1.807) is 11.1 Å². The summed E-state index contributed by atoms with van der Waals surface area (Å²) >= 11 is 0. The highest BCUT2D eigenvalue weighted by molar-refractivity contribution is 5.87. The van der Waals surface area contributed by atoms with Crippen molar-refractivity contribution in [2.75, 3.05) is 41.0 Å². The lowest BCUT2D eigenvalue weighted by Crippen LogP contribution is -2.53. The van der Waals surface area contributed by atoms with E-state index >= 15 is 0 Å². The molecule has 292 valence electrons. The molecule has 4 amide bonds. The summed E-state index contributed by atoms with van der Waals surface area (Å²) in [7, 11) is 3.96. The number of hydrogen-bond donors (Lipinski definition) is 5. The molecule has 0 aliphatic carbocycles. The first-order chi connectivity index (χ1) is 26.6. The largest absolute Gasteiger partial charge is 0.453 e. The van der Waals surface area contributed by atoms with Crippen LogP contribution >= 0.6 is 0 Å². The SMILES string of the molecule is COC[C@H](NC(=O)OC)C(=O)N1CCC[C@H]1Cc1ccc(-c2ccc(-c3ccc(-c4cnc([C@@H]5CCCN5C(=O)[C@@H](NC(=O)OC)[C@@H](C)O)[nH]4)cc3)cc2)[nH]1. The van der Waals surface area contributed by atoms with Crippen LogP contribution in [0.5, 0.6) is 0 Å². The Bertz CT molecular complexity index is 1940. The first-order valence-corrected chi connectivity index (χ1v) is 18.5. The number of aromatic nitrogens is 3. The van der Waals surface area contributed by atoms with Gasteiger partial charge in [0.25, 0.3) is 0 Å². The van der Waals surface area contributed by atoms with Crippen molar-refractivity contribution >= 4 is 24.0 Å². The van der Waals surface area contributed by atoms with Crippen molar-refractivity contribution in [2.45, 2.75) is 69.3 Å². The number of aliphatic hydroxyl groups is 1. The van der Waals surface area contributed by atoms with Crippen LogP contribution < -0.4 is 10.6 Å². The molecular formula is C40H49N7O8. The van der Waals surface area contributed by atoms with Crippen LogP contribution in [0.2, 0.25) is 0 Å². The molecule has 2 aromatic heterocycles. The summed E-state index contributed by atoms with van der Waals surface area (Å²) in [4.78, 5) is 65.3. The number of methoxy groups -OCH3 is 3. The predicted molar refractivity (Wildman–Crippen MR) is 204 cm³/mol. The van der Waals surface area contributed by atoms with Gasteiger partial charge >= 0.3 is 12.2 Å². The molecule has 2 fully saturated rings. The summed E-state index contributed by atoms with van der Waals surface area (Å²) in [6, 6.07) is 18.4. The standard InChI is InChI=1S/C40H49N7O8/c1-24(48)35(45-40(52)55-4)38(50)47-20-6-8-34(47)36-41-22-32(43-36)28-15-11-26(12-16-28)25-9-13-27(14-10-25)31-18-17-29(42-31)21-30-7-5-19-46(30)37(49)33(23-53-2)44-39(51)54-3/h9-18,22,24,30,33-35,42,48H,5-8,19-21,23H2,1-4H3,(H,41,43)(H,44,51)(H,45,52)/t24-,30+,33+,34+,35+/m1/s1. The Labute approximate surface area is 319 Å². The van der Waals surface area contributed by atoms with Gasteiger partial charge in [0.1, 0.15) is 17.9 Å². The third-order valence-electron chi connectivity index (χ3n) is 10.4. The molecule has 5 N–H and O–H groups in total. The number of hydrogen-bond acceptors (Lipinski definition) is 9. The van der Waals surface area contributed by atoms with Gasteiger partial charge in [-0.1, -0.05) is 48.5 Å². The summed E-state index contributed by atoms with van der Waals surface area (Å²) in [5, 5.41) is 15.2. The van der Waals surface area contributed by atoms with Crippen molar-refractivity contribution in [3.63, 3.8) is 0 Å². The van der Waals surface area contributed by atoms with Gasteiger partial charge in [-0.25, -0.2) is 14.6 Å². The maximum Gasteiger partial charge on any atom is 0.407 e. The van der Waals surface area contributed by atoms with Crippen LogP contribution in [0.1, 0.15) is 50.2 Å². The van der Waals surface area contributed by atoms with Gasteiger partial charge in [0.05, 0.1) is 44.9 Å². The second-order valence-electron chi connectivity index (χ2n) is 14.0. The van der Waals surface area contributed by atoms with Gasteiger partial charge in [-0.05, 0) is 67.0 Å². The molecule has 2 aromatic carbocycles. The number of alkyl carbamates (subject to hydrolysis) is 2. The summed E-state index contributed by atoms with van der Waals surface area (Å²) in [6.07, 6.45) is 3.10. The highest BCUT2D eigenvalue weighted by Crippen LogP contribution is 2.33. The van der Waals surface area contributed by atoms with Crippen molar-refractivity contribution in [3.05, 3.63) is 78.4 Å². The molecule has 4 aromatic rings. The van der Waals surface area contributed by atoms with E-state index in [-0.39, 0.29) is 30.5 Å². The molecule has 15 nitrogen and oxygen atoms in total. The number of aromatic amines is 2. The number of likely N-dealkylation sites (tertiary alicyclic amines) is 2. The third kappa shape index (κ3) is 9.01. The fourth-order valence-electron chi connectivity index (χ4n) is 7.47. The zero-order valence-electron chi connectivity index (χ0n) is 31.5.